The second kappa shape index (κ2) is 6.48. The number of hydrogen-bond acceptors (Lipinski definition) is 4. The van der Waals surface area contributed by atoms with Crippen LogP contribution >= 0.6 is 0 Å². The van der Waals surface area contributed by atoms with E-state index in [0.717, 1.165) is 5.69 Å². The first kappa shape index (κ1) is 15.0. The molecule has 3 rings (SSSR count). The quantitative estimate of drug-likeness (QED) is 0.793. The SMILES string of the molecule is CC(=O)Nc1cccc(NC(=O)c2ccc(NC3CC3)cn2)c1. The number of rotatable bonds is 5. The number of hydrogen-bond donors (Lipinski definition) is 3. The molecule has 0 saturated heterocycles. The molecule has 6 heteroatoms. The number of anilines is 3. The third kappa shape index (κ3) is 4.29. The van der Waals surface area contributed by atoms with Crippen molar-refractivity contribution in [2.24, 2.45) is 0 Å². The Labute approximate surface area is 134 Å². The van der Waals surface area contributed by atoms with Gasteiger partial charge >= 0.3 is 0 Å². The van der Waals surface area contributed by atoms with Gasteiger partial charge in [0.05, 0.1) is 11.9 Å². The summed E-state index contributed by atoms with van der Waals surface area (Å²) in [4.78, 5) is 27.5. The van der Waals surface area contributed by atoms with Crippen LogP contribution in [0.5, 0.6) is 0 Å². The van der Waals surface area contributed by atoms with Gasteiger partial charge in [-0.15, -0.1) is 0 Å². The summed E-state index contributed by atoms with van der Waals surface area (Å²) in [5.41, 5.74) is 2.50. The van der Waals surface area contributed by atoms with E-state index >= 15 is 0 Å². The second-order valence-corrected chi connectivity index (χ2v) is 5.57. The Bertz CT molecular complexity index is 724. The summed E-state index contributed by atoms with van der Waals surface area (Å²) in [7, 11) is 0. The highest BCUT2D eigenvalue weighted by atomic mass is 16.2. The van der Waals surface area contributed by atoms with E-state index in [1.54, 1.807) is 36.5 Å². The lowest BCUT2D eigenvalue weighted by molar-refractivity contribution is -0.114. The van der Waals surface area contributed by atoms with Gasteiger partial charge < -0.3 is 16.0 Å². The Morgan fingerprint density at radius 3 is 2.39 bits per heavy atom. The number of aromatic nitrogens is 1. The van der Waals surface area contributed by atoms with Crippen molar-refractivity contribution >= 4 is 28.9 Å². The van der Waals surface area contributed by atoms with Crippen LogP contribution in [0.1, 0.15) is 30.3 Å². The number of carbonyl (C=O) groups is 2. The number of amides is 2. The Morgan fingerprint density at radius 2 is 1.78 bits per heavy atom. The molecule has 0 atom stereocenters. The molecule has 2 aromatic rings. The van der Waals surface area contributed by atoms with Crippen LogP contribution in [0.4, 0.5) is 17.1 Å². The Morgan fingerprint density at radius 1 is 1.04 bits per heavy atom. The highest BCUT2D eigenvalue weighted by Crippen LogP contribution is 2.24. The third-order valence-electron chi connectivity index (χ3n) is 3.39. The van der Waals surface area contributed by atoms with Crippen molar-refractivity contribution in [2.45, 2.75) is 25.8 Å². The Balaban J connectivity index is 1.64. The largest absolute Gasteiger partial charge is 0.381 e. The van der Waals surface area contributed by atoms with Crippen LogP contribution in [-0.2, 0) is 4.79 Å². The van der Waals surface area contributed by atoms with Gasteiger partial charge in [0.25, 0.3) is 5.91 Å². The zero-order valence-corrected chi connectivity index (χ0v) is 12.8. The van der Waals surface area contributed by atoms with E-state index in [0.29, 0.717) is 23.1 Å². The van der Waals surface area contributed by atoms with Crippen molar-refractivity contribution in [3.63, 3.8) is 0 Å². The fourth-order valence-electron chi connectivity index (χ4n) is 2.15. The fraction of sp³-hybridized carbons (Fsp3) is 0.235. The van der Waals surface area contributed by atoms with Crippen LogP contribution in [0.15, 0.2) is 42.6 Å². The molecule has 1 fully saturated rings. The molecule has 118 valence electrons. The van der Waals surface area contributed by atoms with Gasteiger partial charge in [0.2, 0.25) is 5.91 Å². The van der Waals surface area contributed by atoms with E-state index in [1.807, 2.05) is 6.07 Å². The van der Waals surface area contributed by atoms with E-state index in [1.165, 1.54) is 19.8 Å². The summed E-state index contributed by atoms with van der Waals surface area (Å²) in [6, 6.07) is 11.1. The first-order chi connectivity index (χ1) is 11.1. The summed E-state index contributed by atoms with van der Waals surface area (Å²) in [6.45, 7) is 1.44. The molecule has 1 aromatic heterocycles. The molecular formula is C17H18N4O2. The summed E-state index contributed by atoms with van der Waals surface area (Å²) in [6.07, 6.45) is 4.04. The monoisotopic (exact) mass is 310 g/mol. The number of pyridine rings is 1. The van der Waals surface area contributed by atoms with Gasteiger partial charge in [-0.2, -0.15) is 0 Å². The lowest BCUT2D eigenvalue weighted by Crippen LogP contribution is -2.14. The van der Waals surface area contributed by atoms with Gasteiger partial charge in [-0.3, -0.25) is 9.59 Å². The van der Waals surface area contributed by atoms with Gasteiger partial charge in [0.15, 0.2) is 0 Å². The maximum Gasteiger partial charge on any atom is 0.274 e. The van der Waals surface area contributed by atoms with Crippen LogP contribution in [-0.4, -0.2) is 22.8 Å². The number of carbonyl (C=O) groups excluding carboxylic acids is 2. The van der Waals surface area contributed by atoms with Crippen molar-refractivity contribution in [3.8, 4) is 0 Å². The maximum atomic E-state index is 12.2. The number of nitrogens with one attached hydrogen (secondary N) is 3. The molecular weight excluding hydrogens is 292 g/mol. The molecule has 1 aliphatic rings. The van der Waals surface area contributed by atoms with E-state index < -0.39 is 0 Å². The molecule has 3 N–H and O–H groups in total. The number of benzene rings is 1. The van der Waals surface area contributed by atoms with Crippen molar-refractivity contribution in [2.75, 3.05) is 16.0 Å². The summed E-state index contributed by atoms with van der Waals surface area (Å²) in [5, 5.41) is 8.77. The molecule has 2 amide bonds. The van der Waals surface area contributed by atoms with E-state index in [9.17, 15) is 9.59 Å². The topological polar surface area (TPSA) is 83.1 Å². The molecule has 1 saturated carbocycles. The molecule has 0 spiro atoms. The molecule has 0 radical (unpaired) electrons. The fourth-order valence-corrected chi connectivity index (χ4v) is 2.15. The summed E-state index contributed by atoms with van der Waals surface area (Å²) in [5.74, 6) is -0.447. The normalized spacial score (nSPS) is 13.3. The average Bonchev–Trinajstić information content (AvgIpc) is 3.31. The predicted octanol–water partition coefficient (Wildman–Crippen LogP) is 2.87. The van der Waals surface area contributed by atoms with Gasteiger partial charge in [-0.05, 0) is 43.2 Å². The predicted molar refractivity (Wildman–Crippen MR) is 89.6 cm³/mol. The summed E-state index contributed by atoms with van der Waals surface area (Å²) < 4.78 is 0. The van der Waals surface area contributed by atoms with Crippen molar-refractivity contribution in [3.05, 3.63) is 48.3 Å². The molecule has 6 nitrogen and oxygen atoms in total. The minimum Gasteiger partial charge on any atom is -0.381 e. The van der Waals surface area contributed by atoms with Gasteiger partial charge in [-0.25, -0.2) is 4.98 Å². The maximum absolute atomic E-state index is 12.2. The molecule has 23 heavy (non-hydrogen) atoms. The lowest BCUT2D eigenvalue weighted by Gasteiger charge is -2.08. The van der Waals surface area contributed by atoms with Gasteiger partial charge in [-0.1, -0.05) is 6.07 Å². The highest BCUT2D eigenvalue weighted by Gasteiger charge is 2.20. The molecule has 1 heterocycles. The van der Waals surface area contributed by atoms with Gasteiger partial charge in [0.1, 0.15) is 5.69 Å². The van der Waals surface area contributed by atoms with Crippen LogP contribution in [0.25, 0.3) is 0 Å². The summed E-state index contributed by atoms with van der Waals surface area (Å²) >= 11 is 0. The first-order valence-corrected chi connectivity index (χ1v) is 7.52. The first-order valence-electron chi connectivity index (χ1n) is 7.52. The molecule has 0 aliphatic heterocycles. The Kier molecular flexibility index (Phi) is 4.23. The van der Waals surface area contributed by atoms with E-state index in [2.05, 4.69) is 20.9 Å². The van der Waals surface area contributed by atoms with Crippen molar-refractivity contribution in [1.82, 2.24) is 4.98 Å². The van der Waals surface area contributed by atoms with Crippen LogP contribution < -0.4 is 16.0 Å². The smallest absolute Gasteiger partial charge is 0.274 e. The Hall–Kier alpha value is -2.89. The molecule has 0 bridgehead atoms. The zero-order valence-electron chi connectivity index (χ0n) is 12.8. The zero-order chi connectivity index (χ0) is 16.2. The minimum absolute atomic E-state index is 0.158. The molecule has 1 aliphatic carbocycles. The molecule has 0 unspecified atom stereocenters. The van der Waals surface area contributed by atoms with E-state index in [4.69, 9.17) is 0 Å². The average molecular weight is 310 g/mol. The standard InChI is InChI=1S/C17H18N4O2/c1-11(22)19-13-3-2-4-14(9-13)21-17(23)16-8-7-15(10-18-16)20-12-5-6-12/h2-4,7-10,12,20H,5-6H2,1H3,(H,19,22)(H,21,23). The minimum atomic E-state index is -0.289. The number of nitrogens with zero attached hydrogens (tertiary/aromatic N) is 1. The van der Waals surface area contributed by atoms with Crippen LogP contribution in [0.2, 0.25) is 0 Å². The second-order valence-electron chi connectivity index (χ2n) is 5.57. The molecule has 1 aromatic carbocycles. The van der Waals surface area contributed by atoms with Crippen LogP contribution in [0.3, 0.4) is 0 Å². The highest BCUT2D eigenvalue weighted by molar-refractivity contribution is 6.03. The van der Waals surface area contributed by atoms with Gasteiger partial charge in [0, 0.05) is 24.3 Å². The van der Waals surface area contributed by atoms with Crippen molar-refractivity contribution < 1.29 is 9.59 Å². The van der Waals surface area contributed by atoms with Crippen LogP contribution in [0, 0.1) is 0 Å². The third-order valence-corrected chi connectivity index (χ3v) is 3.39. The van der Waals surface area contributed by atoms with E-state index in [-0.39, 0.29) is 11.8 Å². The van der Waals surface area contributed by atoms with Crippen molar-refractivity contribution in [1.29, 1.82) is 0 Å². The lowest BCUT2D eigenvalue weighted by atomic mass is 10.2.